The molecule has 0 aliphatic carbocycles. The molecule has 0 atom stereocenters. The molecule has 1 aliphatic heterocycles. The fourth-order valence-corrected chi connectivity index (χ4v) is 3.22. The first-order valence-electron chi connectivity index (χ1n) is 9.13. The Labute approximate surface area is 158 Å². The van der Waals surface area contributed by atoms with E-state index in [0.717, 1.165) is 19.6 Å². The van der Waals surface area contributed by atoms with Gasteiger partial charge >= 0.3 is 0 Å². The number of amides is 1. The molecule has 5 heteroatoms. The minimum absolute atomic E-state index is 0.181. The van der Waals surface area contributed by atoms with Gasteiger partial charge in [0, 0.05) is 44.4 Å². The Morgan fingerprint density at radius 2 is 1.67 bits per heavy atom. The molecular formula is C22H24F2N2O. The van der Waals surface area contributed by atoms with E-state index in [0.29, 0.717) is 13.1 Å². The zero-order chi connectivity index (χ0) is 19.4. The second-order valence-corrected chi connectivity index (χ2v) is 6.99. The van der Waals surface area contributed by atoms with Gasteiger partial charge < -0.3 is 4.90 Å². The van der Waals surface area contributed by atoms with Crippen molar-refractivity contribution in [1.29, 1.82) is 0 Å². The second-order valence-electron chi connectivity index (χ2n) is 6.99. The minimum atomic E-state index is -0.669. The molecular weight excluding hydrogens is 346 g/mol. The number of nitrogens with zero attached hydrogens (tertiary/aromatic N) is 2. The van der Waals surface area contributed by atoms with Crippen LogP contribution < -0.4 is 0 Å². The molecule has 0 aromatic heterocycles. The first kappa shape index (κ1) is 19.2. The second kappa shape index (κ2) is 8.44. The van der Waals surface area contributed by atoms with Crippen LogP contribution in [0.2, 0.25) is 0 Å². The molecule has 2 aromatic rings. The summed E-state index contributed by atoms with van der Waals surface area (Å²) < 4.78 is 27.3. The van der Waals surface area contributed by atoms with E-state index in [1.54, 1.807) is 4.90 Å². The summed E-state index contributed by atoms with van der Waals surface area (Å²) in [4.78, 5) is 16.3. The molecule has 0 saturated carbocycles. The van der Waals surface area contributed by atoms with Gasteiger partial charge in [0.1, 0.15) is 11.6 Å². The smallest absolute Gasteiger partial charge is 0.246 e. The number of aryl methyl sites for hydroxylation is 2. The van der Waals surface area contributed by atoms with Gasteiger partial charge in [-0.05, 0) is 48.7 Å². The van der Waals surface area contributed by atoms with Crippen molar-refractivity contribution in [2.45, 2.75) is 20.4 Å². The van der Waals surface area contributed by atoms with E-state index in [1.807, 2.05) is 0 Å². The van der Waals surface area contributed by atoms with Crippen molar-refractivity contribution < 1.29 is 13.6 Å². The summed E-state index contributed by atoms with van der Waals surface area (Å²) in [5.41, 5.74) is 3.66. The van der Waals surface area contributed by atoms with Gasteiger partial charge in [0.05, 0.1) is 0 Å². The third-order valence-corrected chi connectivity index (χ3v) is 5.05. The molecule has 1 fully saturated rings. The molecule has 142 valence electrons. The van der Waals surface area contributed by atoms with Crippen molar-refractivity contribution in [1.82, 2.24) is 9.80 Å². The van der Waals surface area contributed by atoms with Gasteiger partial charge in [-0.25, -0.2) is 8.78 Å². The summed E-state index contributed by atoms with van der Waals surface area (Å²) in [6, 6.07) is 10.2. The Hall–Kier alpha value is -2.53. The zero-order valence-corrected chi connectivity index (χ0v) is 15.7. The molecule has 0 bridgehead atoms. The molecule has 1 aliphatic rings. The van der Waals surface area contributed by atoms with Gasteiger partial charge in [0.25, 0.3) is 0 Å². The number of carbonyl (C=O) groups is 1. The highest BCUT2D eigenvalue weighted by Gasteiger charge is 2.20. The van der Waals surface area contributed by atoms with Gasteiger partial charge in [-0.2, -0.15) is 0 Å². The highest BCUT2D eigenvalue weighted by Crippen LogP contribution is 2.15. The maximum absolute atomic E-state index is 13.6. The van der Waals surface area contributed by atoms with Crippen molar-refractivity contribution in [3.63, 3.8) is 0 Å². The fraction of sp³-hybridized carbons (Fsp3) is 0.318. The van der Waals surface area contributed by atoms with Crippen LogP contribution >= 0.6 is 0 Å². The lowest BCUT2D eigenvalue weighted by Gasteiger charge is -2.34. The van der Waals surface area contributed by atoms with Gasteiger partial charge in [-0.3, -0.25) is 9.69 Å². The van der Waals surface area contributed by atoms with Crippen LogP contribution in [-0.4, -0.2) is 41.9 Å². The van der Waals surface area contributed by atoms with Gasteiger partial charge in [0.2, 0.25) is 5.91 Å². The number of hydrogen-bond acceptors (Lipinski definition) is 2. The van der Waals surface area contributed by atoms with Crippen LogP contribution in [0.4, 0.5) is 8.78 Å². The molecule has 1 heterocycles. The summed E-state index contributed by atoms with van der Waals surface area (Å²) in [5.74, 6) is -1.56. The number of rotatable bonds is 4. The van der Waals surface area contributed by atoms with Crippen LogP contribution in [0.25, 0.3) is 6.08 Å². The minimum Gasteiger partial charge on any atom is -0.337 e. The Morgan fingerprint density at radius 1 is 1.00 bits per heavy atom. The van der Waals surface area contributed by atoms with E-state index < -0.39 is 11.6 Å². The molecule has 0 unspecified atom stereocenters. The highest BCUT2D eigenvalue weighted by atomic mass is 19.1. The summed E-state index contributed by atoms with van der Waals surface area (Å²) in [6.45, 7) is 7.84. The van der Waals surface area contributed by atoms with E-state index in [-0.39, 0.29) is 11.5 Å². The number of halogens is 2. The lowest BCUT2D eigenvalue weighted by atomic mass is 10.1. The Kier molecular flexibility index (Phi) is 6.01. The van der Waals surface area contributed by atoms with Crippen LogP contribution in [0.15, 0.2) is 42.5 Å². The third kappa shape index (κ3) is 4.80. The monoisotopic (exact) mass is 370 g/mol. The lowest BCUT2D eigenvalue weighted by Crippen LogP contribution is -2.47. The van der Waals surface area contributed by atoms with Crippen LogP contribution in [0.3, 0.4) is 0 Å². The van der Waals surface area contributed by atoms with Crippen LogP contribution in [0, 0.1) is 25.5 Å². The van der Waals surface area contributed by atoms with Gasteiger partial charge in [0.15, 0.2) is 0 Å². The van der Waals surface area contributed by atoms with E-state index >= 15 is 0 Å². The topological polar surface area (TPSA) is 23.6 Å². The zero-order valence-electron chi connectivity index (χ0n) is 15.7. The van der Waals surface area contributed by atoms with Gasteiger partial charge in [-0.1, -0.05) is 24.3 Å². The van der Waals surface area contributed by atoms with Crippen LogP contribution in [0.5, 0.6) is 0 Å². The predicted molar refractivity (Wildman–Crippen MR) is 103 cm³/mol. The molecule has 0 radical (unpaired) electrons. The largest absolute Gasteiger partial charge is 0.337 e. The maximum Gasteiger partial charge on any atom is 0.246 e. The molecule has 2 aromatic carbocycles. The van der Waals surface area contributed by atoms with Crippen molar-refractivity contribution in [2.24, 2.45) is 0 Å². The Bertz CT molecular complexity index is 835. The van der Waals surface area contributed by atoms with Crippen molar-refractivity contribution in [3.8, 4) is 0 Å². The summed E-state index contributed by atoms with van der Waals surface area (Å²) in [6.07, 6.45) is 2.47. The first-order chi connectivity index (χ1) is 12.9. The Morgan fingerprint density at radius 3 is 2.30 bits per heavy atom. The quantitative estimate of drug-likeness (QED) is 0.761. The van der Waals surface area contributed by atoms with Crippen molar-refractivity contribution >= 4 is 12.0 Å². The fourth-order valence-electron chi connectivity index (χ4n) is 3.22. The molecule has 27 heavy (non-hydrogen) atoms. The molecule has 3 rings (SSSR count). The molecule has 1 saturated heterocycles. The van der Waals surface area contributed by atoms with Crippen molar-refractivity contribution in [2.75, 3.05) is 26.2 Å². The molecule has 3 nitrogen and oxygen atoms in total. The number of hydrogen-bond donors (Lipinski definition) is 0. The lowest BCUT2D eigenvalue weighted by molar-refractivity contribution is -0.127. The summed E-state index contributed by atoms with van der Waals surface area (Å²) in [5, 5.41) is 0. The SMILES string of the molecule is Cc1ccc(CN2CCN(C(=O)C=Cc3c(F)cccc3F)CC2)cc1C. The average molecular weight is 370 g/mol. The molecule has 1 amide bonds. The highest BCUT2D eigenvalue weighted by molar-refractivity contribution is 5.91. The number of carbonyl (C=O) groups excluding carboxylic acids is 1. The third-order valence-electron chi connectivity index (χ3n) is 5.05. The maximum atomic E-state index is 13.6. The summed E-state index contributed by atoms with van der Waals surface area (Å²) in [7, 11) is 0. The number of benzene rings is 2. The normalized spacial score (nSPS) is 15.5. The van der Waals surface area contributed by atoms with E-state index in [1.165, 1.54) is 47.0 Å². The predicted octanol–water partition coefficient (Wildman–Crippen LogP) is 3.94. The van der Waals surface area contributed by atoms with E-state index in [2.05, 4.69) is 36.9 Å². The van der Waals surface area contributed by atoms with Gasteiger partial charge in [-0.15, -0.1) is 0 Å². The first-order valence-corrected chi connectivity index (χ1v) is 9.13. The average Bonchev–Trinajstić information content (AvgIpc) is 2.65. The van der Waals surface area contributed by atoms with Crippen molar-refractivity contribution in [3.05, 3.63) is 76.4 Å². The molecule has 0 spiro atoms. The van der Waals surface area contributed by atoms with E-state index in [9.17, 15) is 13.6 Å². The Balaban J connectivity index is 1.54. The van der Waals surface area contributed by atoms with Crippen LogP contribution in [-0.2, 0) is 11.3 Å². The summed E-state index contributed by atoms with van der Waals surface area (Å²) >= 11 is 0. The van der Waals surface area contributed by atoms with Crippen LogP contribution in [0.1, 0.15) is 22.3 Å². The number of piperazine rings is 1. The standard InChI is InChI=1S/C22H24F2N2O/c1-16-6-7-18(14-17(16)2)15-25-10-12-26(13-11-25)22(27)9-8-19-20(23)4-3-5-21(19)24/h3-9,14H,10-13,15H2,1-2H3. The molecule has 0 N–H and O–H groups in total. The van der Waals surface area contributed by atoms with E-state index in [4.69, 9.17) is 0 Å².